The number of nitrogens with zero attached hydrogens (tertiary/aromatic N) is 7. The van der Waals surface area contributed by atoms with Gasteiger partial charge in [0.2, 0.25) is 11.9 Å². The van der Waals surface area contributed by atoms with E-state index >= 15 is 0 Å². The summed E-state index contributed by atoms with van der Waals surface area (Å²) in [5.41, 5.74) is 3.15. The number of carbonyl (C=O) groups excluding carboxylic acids is 2. The number of ether oxygens (including phenoxy) is 2. The third kappa shape index (κ3) is 5.25. The molecule has 36 heavy (non-hydrogen) atoms. The van der Waals surface area contributed by atoms with Gasteiger partial charge in [0.1, 0.15) is 0 Å². The molecule has 190 valence electrons. The molecule has 2 aliphatic rings. The molecule has 2 aliphatic heterocycles. The molecule has 2 saturated heterocycles. The van der Waals surface area contributed by atoms with Gasteiger partial charge in [0, 0.05) is 69.6 Å². The highest BCUT2D eigenvalue weighted by Crippen LogP contribution is 2.25. The monoisotopic (exact) mass is 493 g/mol. The van der Waals surface area contributed by atoms with Gasteiger partial charge in [-0.05, 0) is 24.6 Å². The lowest BCUT2D eigenvalue weighted by atomic mass is 10.1. The summed E-state index contributed by atoms with van der Waals surface area (Å²) in [6.45, 7) is 5.78. The normalized spacial score (nSPS) is 16.4. The lowest BCUT2D eigenvalue weighted by molar-refractivity contribution is -0.140. The topological polar surface area (TPSA) is 105 Å². The number of methoxy groups -OCH3 is 1. The van der Waals surface area contributed by atoms with Crippen molar-refractivity contribution >= 4 is 29.3 Å². The smallest absolute Gasteiger partial charge is 0.305 e. The standard InChI is InChI=1S/C25H31N7O4/c1-35-23(34)4-2-3-22(33)30-11-13-31(14-12-30)25-27-24-26-10-9-21(32(24)28-25)19-5-7-20(8-6-19)29-15-17-36-18-16-29/h5-10H,2-4,11-18H2,1H3. The first-order valence-electron chi connectivity index (χ1n) is 12.4. The van der Waals surface area contributed by atoms with Crippen molar-refractivity contribution in [3.63, 3.8) is 0 Å². The van der Waals surface area contributed by atoms with Crippen molar-refractivity contribution in [1.82, 2.24) is 24.5 Å². The van der Waals surface area contributed by atoms with Gasteiger partial charge in [0.25, 0.3) is 5.78 Å². The molecule has 4 heterocycles. The van der Waals surface area contributed by atoms with E-state index in [2.05, 4.69) is 48.8 Å². The van der Waals surface area contributed by atoms with Gasteiger partial charge in [-0.3, -0.25) is 9.59 Å². The zero-order valence-electron chi connectivity index (χ0n) is 20.5. The van der Waals surface area contributed by atoms with Crippen molar-refractivity contribution in [1.29, 1.82) is 0 Å². The van der Waals surface area contributed by atoms with Gasteiger partial charge in [-0.1, -0.05) is 12.1 Å². The summed E-state index contributed by atoms with van der Waals surface area (Å²) in [6.07, 6.45) is 2.86. The Bertz CT molecular complexity index is 1200. The molecule has 1 amide bonds. The molecule has 1 aromatic carbocycles. The summed E-state index contributed by atoms with van der Waals surface area (Å²) in [7, 11) is 1.36. The molecule has 11 heteroatoms. The Morgan fingerprint density at radius 2 is 1.69 bits per heavy atom. The summed E-state index contributed by atoms with van der Waals surface area (Å²) in [5.74, 6) is 0.927. The van der Waals surface area contributed by atoms with Crippen LogP contribution in [0.1, 0.15) is 19.3 Å². The Morgan fingerprint density at radius 1 is 0.944 bits per heavy atom. The zero-order chi connectivity index (χ0) is 24.9. The van der Waals surface area contributed by atoms with E-state index in [1.54, 1.807) is 10.7 Å². The van der Waals surface area contributed by atoms with E-state index < -0.39 is 0 Å². The predicted molar refractivity (Wildman–Crippen MR) is 134 cm³/mol. The van der Waals surface area contributed by atoms with E-state index in [9.17, 15) is 9.59 Å². The molecule has 0 atom stereocenters. The lowest BCUT2D eigenvalue weighted by Crippen LogP contribution is -2.49. The fourth-order valence-electron chi connectivity index (χ4n) is 4.60. The molecule has 0 radical (unpaired) electrons. The van der Waals surface area contributed by atoms with E-state index in [1.807, 2.05) is 11.0 Å². The van der Waals surface area contributed by atoms with Crippen molar-refractivity contribution in [2.24, 2.45) is 0 Å². The maximum absolute atomic E-state index is 12.5. The van der Waals surface area contributed by atoms with Gasteiger partial charge in [-0.15, -0.1) is 5.10 Å². The minimum Gasteiger partial charge on any atom is -0.469 e. The number of benzene rings is 1. The Balaban J connectivity index is 1.24. The lowest BCUT2D eigenvalue weighted by Gasteiger charge is -2.34. The Morgan fingerprint density at radius 3 is 2.42 bits per heavy atom. The van der Waals surface area contributed by atoms with Crippen LogP contribution in [-0.4, -0.2) is 96.0 Å². The molecule has 2 aromatic heterocycles. The van der Waals surface area contributed by atoms with Crippen LogP contribution in [0.4, 0.5) is 11.6 Å². The number of carbonyl (C=O) groups is 2. The zero-order valence-corrected chi connectivity index (χ0v) is 20.5. The van der Waals surface area contributed by atoms with Crippen LogP contribution in [0.15, 0.2) is 36.5 Å². The first-order valence-corrected chi connectivity index (χ1v) is 12.4. The first kappa shape index (κ1) is 24.0. The van der Waals surface area contributed by atoms with E-state index in [0.717, 1.165) is 37.6 Å². The molecule has 0 spiro atoms. The number of morpholine rings is 1. The van der Waals surface area contributed by atoms with Crippen molar-refractivity contribution < 1.29 is 19.1 Å². The average Bonchev–Trinajstić information content (AvgIpc) is 3.38. The highest BCUT2D eigenvalue weighted by Gasteiger charge is 2.24. The highest BCUT2D eigenvalue weighted by atomic mass is 16.5. The summed E-state index contributed by atoms with van der Waals surface area (Å²) in [4.78, 5) is 39.0. The van der Waals surface area contributed by atoms with Crippen LogP contribution in [-0.2, 0) is 19.1 Å². The van der Waals surface area contributed by atoms with Crippen molar-refractivity contribution in [2.75, 3.05) is 69.4 Å². The van der Waals surface area contributed by atoms with Crippen molar-refractivity contribution in [2.45, 2.75) is 19.3 Å². The summed E-state index contributed by atoms with van der Waals surface area (Å²) in [5, 5.41) is 4.76. The van der Waals surface area contributed by atoms with Gasteiger partial charge in [-0.2, -0.15) is 9.50 Å². The number of rotatable bonds is 7. The minimum absolute atomic E-state index is 0.0611. The highest BCUT2D eigenvalue weighted by molar-refractivity contribution is 5.77. The molecule has 11 nitrogen and oxygen atoms in total. The fourth-order valence-corrected chi connectivity index (χ4v) is 4.60. The molecular formula is C25H31N7O4. The van der Waals surface area contributed by atoms with E-state index in [0.29, 0.717) is 50.7 Å². The molecule has 5 rings (SSSR count). The van der Waals surface area contributed by atoms with E-state index in [4.69, 9.17) is 9.84 Å². The molecule has 0 bridgehead atoms. The van der Waals surface area contributed by atoms with Crippen LogP contribution in [0.5, 0.6) is 0 Å². The second-order valence-corrected chi connectivity index (χ2v) is 8.90. The van der Waals surface area contributed by atoms with Gasteiger partial charge >= 0.3 is 5.97 Å². The number of aromatic nitrogens is 4. The average molecular weight is 494 g/mol. The van der Waals surface area contributed by atoms with Crippen LogP contribution in [0, 0.1) is 0 Å². The SMILES string of the molecule is COC(=O)CCCC(=O)N1CCN(c2nc3nccc(-c4ccc(N5CCOCC5)cc4)n3n2)CC1. The molecule has 2 fully saturated rings. The van der Waals surface area contributed by atoms with Crippen LogP contribution >= 0.6 is 0 Å². The molecular weight excluding hydrogens is 462 g/mol. The number of amides is 1. The van der Waals surface area contributed by atoms with Gasteiger partial charge in [0.15, 0.2) is 0 Å². The van der Waals surface area contributed by atoms with Gasteiger partial charge < -0.3 is 24.2 Å². The number of anilines is 2. The maximum Gasteiger partial charge on any atom is 0.305 e. The number of hydrogen-bond acceptors (Lipinski definition) is 9. The van der Waals surface area contributed by atoms with Crippen LogP contribution in [0.25, 0.3) is 17.0 Å². The molecule has 0 unspecified atom stereocenters. The molecule has 3 aromatic rings. The van der Waals surface area contributed by atoms with E-state index in [1.165, 1.54) is 12.8 Å². The first-order chi connectivity index (χ1) is 17.6. The van der Waals surface area contributed by atoms with Gasteiger partial charge in [0.05, 0.1) is 26.0 Å². The third-order valence-corrected chi connectivity index (χ3v) is 6.68. The minimum atomic E-state index is -0.286. The van der Waals surface area contributed by atoms with Gasteiger partial charge in [-0.25, -0.2) is 4.98 Å². The Labute approximate surface area is 209 Å². The van der Waals surface area contributed by atoms with Crippen LogP contribution in [0.3, 0.4) is 0 Å². The van der Waals surface area contributed by atoms with Crippen molar-refractivity contribution in [3.05, 3.63) is 36.5 Å². The fraction of sp³-hybridized carbons (Fsp3) is 0.480. The van der Waals surface area contributed by atoms with Crippen LogP contribution in [0.2, 0.25) is 0 Å². The molecule has 0 N–H and O–H groups in total. The van der Waals surface area contributed by atoms with Crippen molar-refractivity contribution in [3.8, 4) is 11.3 Å². The third-order valence-electron chi connectivity index (χ3n) is 6.68. The Kier molecular flexibility index (Phi) is 7.26. The quantitative estimate of drug-likeness (QED) is 0.454. The largest absolute Gasteiger partial charge is 0.469 e. The number of fused-ring (bicyclic) bond motifs is 1. The number of esters is 1. The summed E-state index contributed by atoms with van der Waals surface area (Å²) in [6, 6.07) is 10.4. The van der Waals surface area contributed by atoms with E-state index in [-0.39, 0.29) is 18.3 Å². The number of piperazine rings is 1. The Hall–Kier alpha value is -3.73. The second kappa shape index (κ2) is 10.9. The maximum atomic E-state index is 12.5. The predicted octanol–water partition coefficient (Wildman–Crippen LogP) is 1.62. The molecule has 0 aliphatic carbocycles. The van der Waals surface area contributed by atoms with Crippen LogP contribution < -0.4 is 9.80 Å². The number of hydrogen-bond donors (Lipinski definition) is 0. The second-order valence-electron chi connectivity index (χ2n) is 8.90. The summed E-state index contributed by atoms with van der Waals surface area (Å²) >= 11 is 0. The summed E-state index contributed by atoms with van der Waals surface area (Å²) < 4.78 is 11.9. The molecule has 0 saturated carbocycles.